The maximum atomic E-state index is 14.5. The number of likely N-dealkylation sites (tertiary alicyclic amines) is 1. The lowest BCUT2D eigenvalue weighted by molar-refractivity contribution is 0.0717. The lowest BCUT2D eigenvalue weighted by atomic mass is 9.99. The average Bonchev–Trinajstić information content (AvgIpc) is 3.40. The van der Waals surface area contributed by atoms with E-state index in [0.717, 1.165) is 67.1 Å². The van der Waals surface area contributed by atoms with Crippen molar-refractivity contribution >= 4 is 34.1 Å². The molecule has 2 aliphatic heterocycles. The third-order valence-electron chi connectivity index (χ3n) is 8.96. The zero-order valence-electron chi connectivity index (χ0n) is 25.2. The molecule has 2 aromatic heterocycles. The van der Waals surface area contributed by atoms with E-state index in [4.69, 9.17) is 4.98 Å². The Kier molecular flexibility index (Phi) is 7.91. The Hall–Kier alpha value is -4.25. The highest BCUT2D eigenvalue weighted by atomic mass is 19.1. The van der Waals surface area contributed by atoms with E-state index >= 15 is 0 Å². The Morgan fingerprint density at radius 1 is 1.09 bits per heavy atom. The minimum atomic E-state index is -0.432. The van der Waals surface area contributed by atoms with Gasteiger partial charge in [-0.25, -0.2) is 19.2 Å². The molecule has 0 saturated carbocycles. The van der Waals surface area contributed by atoms with Crippen LogP contribution in [0.15, 0.2) is 47.7 Å². The Labute approximate surface area is 250 Å². The van der Waals surface area contributed by atoms with Crippen LogP contribution in [0.3, 0.4) is 0 Å². The van der Waals surface area contributed by atoms with Crippen molar-refractivity contribution in [3.63, 3.8) is 0 Å². The minimum Gasteiger partial charge on any atom is -0.350 e. The van der Waals surface area contributed by atoms with Crippen molar-refractivity contribution < 1.29 is 9.18 Å². The third kappa shape index (κ3) is 5.49. The number of piperidine rings is 1. The van der Waals surface area contributed by atoms with Gasteiger partial charge in [-0.1, -0.05) is 6.07 Å². The van der Waals surface area contributed by atoms with Crippen LogP contribution in [0, 0.1) is 12.7 Å². The fourth-order valence-corrected chi connectivity index (χ4v) is 6.67. The van der Waals surface area contributed by atoms with Crippen molar-refractivity contribution in [2.24, 2.45) is 0 Å². The monoisotopic (exact) mass is 586 g/mol. The van der Waals surface area contributed by atoms with E-state index in [1.54, 1.807) is 23.5 Å². The number of aromatic nitrogens is 4. The van der Waals surface area contributed by atoms with E-state index in [1.807, 2.05) is 26.8 Å². The summed E-state index contributed by atoms with van der Waals surface area (Å²) >= 11 is 0. The molecular formula is C32H39FN8O2. The number of aromatic amines is 2. The van der Waals surface area contributed by atoms with Gasteiger partial charge < -0.3 is 24.7 Å². The second kappa shape index (κ2) is 11.8. The van der Waals surface area contributed by atoms with E-state index < -0.39 is 5.82 Å². The van der Waals surface area contributed by atoms with Gasteiger partial charge in [0.1, 0.15) is 17.8 Å². The van der Waals surface area contributed by atoms with Gasteiger partial charge in [0, 0.05) is 51.4 Å². The molecule has 1 fully saturated rings. The van der Waals surface area contributed by atoms with Gasteiger partial charge in [-0.05, 0) is 75.9 Å². The summed E-state index contributed by atoms with van der Waals surface area (Å²) in [4.78, 5) is 48.8. The molecule has 0 atom stereocenters. The summed E-state index contributed by atoms with van der Waals surface area (Å²) in [5.74, 6) is 0.229. The van der Waals surface area contributed by atoms with Gasteiger partial charge in [0.05, 0.1) is 28.5 Å². The zero-order valence-corrected chi connectivity index (χ0v) is 25.2. The first-order chi connectivity index (χ1) is 20.7. The number of carbonyl (C=O) groups is 1. The normalized spacial score (nSPS) is 16.2. The number of anilines is 3. The highest BCUT2D eigenvalue weighted by molar-refractivity contribution is 6.01. The van der Waals surface area contributed by atoms with Crippen LogP contribution in [0.1, 0.15) is 55.1 Å². The number of aryl methyl sites for hydroxylation is 1. The summed E-state index contributed by atoms with van der Waals surface area (Å²) in [5, 5.41) is 0. The molecule has 4 heterocycles. The van der Waals surface area contributed by atoms with E-state index in [2.05, 4.69) is 42.6 Å². The van der Waals surface area contributed by atoms with E-state index in [1.165, 1.54) is 17.7 Å². The Morgan fingerprint density at radius 3 is 2.63 bits per heavy atom. The lowest BCUT2D eigenvalue weighted by Crippen LogP contribution is -2.50. The Morgan fingerprint density at radius 2 is 1.88 bits per heavy atom. The number of imidazole rings is 1. The molecule has 0 spiro atoms. The predicted octanol–water partition coefficient (Wildman–Crippen LogP) is 4.59. The molecule has 0 radical (unpaired) electrons. The average molecular weight is 587 g/mol. The second-order valence-corrected chi connectivity index (χ2v) is 11.8. The number of halogens is 1. The second-order valence-electron chi connectivity index (χ2n) is 11.8. The van der Waals surface area contributed by atoms with Crippen molar-refractivity contribution in [3.8, 4) is 0 Å². The molecule has 43 heavy (non-hydrogen) atoms. The lowest BCUT2D eigenvalue weighted by Gasteiger charge is -2.44. The number of amides is 1. The van der Waals surface area contributed by atoms with Gasteiger partial charge in [-0.15, -0.1) is 0 Å². The molecule has 1 saturated heterocycles. The summed E-state index contributed by atoms with van der Waals surface area (Å²) < 4.78 is 14.5. The van der Waals surface area contributed by atoms with E-state index in [0.29, 0.717) is 30.4 Å². The molecule has 2 aromatic carbocycles. The van der Waals surface area contributed by atoms with Crippen LogP contribution in [0.5, 0.6) is 0 Å². The summed E-state index contributed by atoms with van der Waals surface area (Å²) in [5.41, 5.74) is 5.71. The van der Waals surface area contributed by atoms with Gasteiger partial charge in [0.15, 0.2) is 5.82 Å². The van der Waals surface area contributed by atoms with Crippen LogP contribution in [-0.2, 0) is 6.54 Å². The highest BCUT2D eigenvalue weighted by Crippen LogP contribution is 2.39. The molecule has 6 rings (SSSR count). The van der Waals surface area contributed by atoms with Gasteiger partial charge >= 0.3 is 5.69 Å². The Bertz CT molecular complexity index is 1690. The number of rotatable bonds is 7. The fraction of sp³-hybridized carbons (Fsp3) is 0.438. The van der Waals surface area contributed by atoms with Crippen molar-refractivity contribution in [1.29, 1.82) is 0 Å². The first-order valence-electron chi connectivity index (χ1n) is 15.1. The molecule has 4 aromatic rings. The van der Waals surface area contributed by atoms with E-state index in [-0.39, 0.29) is 17.6 Å². The number of carbonyl (C=O) groups excluding carboxylic acids is 1. The quantitative estimate of drug-likeness (QED) is 0.327. The van der Waals surface area contributed by atoms with Gasteiger partial charge in [0.2, 0.25) is 0 Å². The number of nitrogens with one attached hydrogen (secondary N) is 2. The van der Waals surface area contributed by atoms with Crippen LogP contribution >= 0.6 is 0 Å². The largest absolute Gasteiger partial charge is 0.350 e. The molecule has 0 unspecified atom stereocenters. The Balaban J connectivity index is 1.20. The summed E-state index contributed by atoms with van der Waals surface area (Å²) in [6.45, 7) is 12.6. The number of fused-ring (bicyclic) bond motifs is 2. The number of benzene rings is 2. The third-order valence-corrected chi connectivity index (χ3v) is 8.96. The first-order valence-corrected chi connectivity index (χ1v) is 15.1. The predicted molar refractivity (Wildman–Crippen MR) is 167 cm³/mol. The minimum absolute atomic E-state index is 0.00330. The summed E-state index contributed by atoms with van der Waals surface area (Å²) in [6.07, 6.45) is 5.35. The fourth-order valence-electron chi connectivity index (χ4n) is 6.67. The molecule has 0 bridgehead atoms. The first kappa shape index (κ1) is 28.9. The van der Waals surface area contributed by atoms with E-state index in [9.17, 15) is 14.0 Å². The molecular weight excluding hydrogens is 547 g/mol. The number of nitrogens with zero attached hydrogens (tertiary/aromatic N) is 6. The molecule has 10 nitrogen and oxygen atoms in total. The van der Waals surface area contributed by atoms with Gasteiger partial charge in [-0.3, -0.25) is 9.69 Å². The number of hydrogen-bond donors (Lipinski definition) is 2. The van der Waals surface area contributed by atoms with Crippen LogP contribution in [0.25, 0.3) is 11.0 Å². The van der Waals surface area contributed by atoms with Crippen molar-refractivity contribution in [2.75, 3.05) is 42.5 Å². The van der Waals surface area contributed by atoms with Crippen molar-refractivity contribution in [1.82, 2.24) is 29.7 Å². The topological polar surface area (TPSA) is 104 Å². The maximum Gasteiger partial charge on any atom is 0.323 e. The van der Waals surface area contributed by atoms with Gasteiger partial charge in [-0.2, -0.15) is 0 Å². The smallest absolute Gasteiger partial charge is 0.323 e. The number of H-pyrrole nitrogens is 2. The summed E-state index contributed by atoms with van der Waals surface area (Å²) in [6, 6.07) is 8.86. The molecule has 1 amide bonds. The van der Waals surface area contributed by atoms with Gasteiger partial charge in [0.25, 0.3) is 5.91 Å². The van der Waals surface area contributed by atoms with Crippen LogP contribution in [0.4, 0.5) is 21.6 Å². The standard InChI is InChI=1S/C32H39FN8O2/c1-5-39(20(2)3)31(42)25-16-23(33)7-9-27(25)41-15-14-40(30-28(41)17-34-19-35-30)24-10-12-38(13-11-24)18-22-6-8-26-29(21(22)4)37-32(43)36-26/h6-9,16-17,19-20,24H,5,10-15,18H2,1-4H3,(H2,36,37,43). The molecule has 226 valence electrons. The number of hydrogen-bond acceptors (Lipinski definition) is 7. The van der Waals surface area contributed by atoms with Crippen molar-refractivity contribution in [3.05, 3.63) is 75.8 Å². The van der Waals surface area contributed by atoms with Crippen LogP contribution in [0.2, 0.25) is 0 Å². The van der Waals surface area contributed by atoms with Crippen LogP contribution < -0.4 is 15.5 Å². The van der Waals surface area contributed by atoms with Crippen molar-refractivity contribution in [2.45, 2.75) is 59.2 Å². The molecule has 2 aliphatic rings. The zero-order chi connectivity index (χ0) is 30.2. The molecule has 0 aliphatic carbocycles. The SMILES string of the molecule is CCN(C(=O)c1cc(F)ccc1N1CCN(C2CCN(Cc3ccc4[nH]c(=O)[nH]c4c3C)CC2)c2ncncc21)C(C)C. The molecule has 11 heteroatoms. The molecule has 2 N–H and O–H groups in total. The maximum absolute atomic E-state index is 14.5. The summed E-state index contributed by atoms with van der Waals surface area (Å²) in [7, 11) is 0. The van der Waals surface area contributed by atoms with Crippen LogP contribution in [-0.4, -0.2) is 80.5 Å². The highest BCUT2D eigenvalue weighted by Gasteiger charge is 2.34.